The van der Waals surface area contributed by atoms with Crippen molar-refractivity contribution < 1.29 is 4.74 Å². The van der Waals surface area contributed by atoms with E-state index in [9.17, 15) is 0 Å². The molecule has 7 rings (SSSR count). The zero-order valence-electron chi connectivity index (χ0n) is 20.1. The Labute approximate surface area is 217 Å². The Morgan fingerprint density at radius 2 is 1.89 bits per heavy atom. The van der Waals surface area contributed by atoms with Crippen LogP contribution in [0.3, 0.4) is 0 Å². The molecule has 0 radical (unpaired) electrons. The summed E-state index contributed by atoms with van der Waals surface area (Å²) in [5.41, 5.74) is 7.47. The number of hydrogen-bond acceptors (Lipinski definition) is 7. The van der Waals surface area contributed by atoms with Crippen LogP contribution in [0.1, 0.15) is 12.8 Å². The summed E-state index contributed by atoms with van der Waals surface area (Å²) in [7, 11) is 0. The zero-order valence-corrected chi connectivity index (χ0v) is 21.0. The molecule has 0 unspecified atom stereocenters. The van der Waals surface area contributed by atoms with Crippen LogP contribution in [-0.4, -0.2) is 61.3 Å². The topological polar surface area (TPSA) is 95.6 Å². The molecule has 2 N–H and O–H groups in total. The fourth-order valence-electron chi connectivity index (χ4n) is 4.99. The molecule has 1 aromatic carbocycles. The number of aromatic amines is 2. The first-order valence-electron chi connectivity index (χ1n) is 12.5. The van der Waals surface area contributed by atoms with Crippen molar-refractivity contribution in [1.82, 2.24) is 35.0 Å². The second kappa shape index (κ2) is 9.42. The van der Waals surface area contributed by atoms with E-state index in [1.165, 1.54) is 25.9 Å². The lowest BCUT2D eigenvalue weighted by molar-refractivity contribution is 0.237. The first kappa shape index (κ1) is 22.1. The molecule has 1 fully saturated rings. The number of thiophene rings is 1. The van der Waals surface area contributed by atoms with Crippen LogP contribution in [0.15, 0.2) is 65.7 Å². The summed E-state index contributed by atoms with van der Waals surface area (Å²) in [5, 5.41) is 12.9. The number of fused-ring (bicyclic) bond motifs is 2. The molecule has 0 amide bonds. The maximum absolute atomic E-state index is 6.03. The van der Waals surface area contributed by atoms with Crippen LogP contribution in [0.25, 0.3) is 55.8 Å². The summed E-state index contributed by atoms with van der Waals surface area (Å²) in [6.07, 6.45) is 8.04. The second-order valence-electron chi connectivity index (χ2n) is 9.29. The molecule has 6 heterocycles. The SMILES string of the molecule is c1cc2[nH]c(-c3n[nH]c4ccc(-c5cncc(OCCN6CCCC6)c5)cc34)nc2c(-c2ccsc2)n1. The second-order valence-corrected chi connectivity index (χ2v) is 10.1. The predicted octanol–water partition coefficient (Wildman–Crippen LogP) is 5.77. The number of benzene rings is 1. The van der Waals surface area contributed by atoms with Crippen molar-refractivity contribution in [3.8, 4) is 39.7 Å². The Morgan fingerprint density at radius 1 is 0.946 bits per heavy atom. The molecule has 0 spiro atoms. The molecular weight excluding hydrogens is 482 g/mol. The van der Waals surface area contributed by atoms with E-state index in [1.807, 2.05) is 24.5 Å². The van der Waals surface area contributed by atoms with Crippen LogP contribution in [-0.2, 0) is 0 Å². The van der Waals surface area contributed by atoms with Gasteiger partial charge in [-0.15, -0.1) is 0 Å². The summed E-state index contributed by atoms with van der Waals surface area (Å²) in [4.78, 5) is 19.8. The van der Waals surface area contributed by atoms with Crippen molar-refractivity contribution >= 4 is 33.3 Å². The molecule has 6 aromatic rings. The van der Waals surface area contributed by atoms with Gasteiger partial charge in [-0.3, -0.25) is 20.0 Å². The normalized spacial score (nSPS) is 14.2. The third kappa shape index (κ3) is 4.26. The summed E-state index contributed by atoms with van der Waals surface area (Å²) >= 11 is 1.65. The fourth-order valence-corrected chi connectivity index (χ4v) is 5.63. The van der Waals surface area contributed by atoms with Crippen molar-refractivity contribution in [1.29, 1.82) is 0 Å². The first-order chi connectivity index (χ1) is 18.3. The van der Waals surface area contributed by atoms with Gasteiger partial charge in [-0.2, -0.15) is 16.4 Å². The van der Waals surface area contributed by atoms with Crippen LogP contribution in [0.4, 0.5) is 0 Å². The number of aromatic nitrogens is 6. The Balaban J connectivity index is 1.20. The summed E-state index contributed by atoms with van der Waals surface area (Å²) in [6, 6.07) is 12.3. The quantitative estimate of drug-likeness (QED) is 0.285. The summed E-state index contributed by atoms with van der Waals surface area (Å²) in [5.74, 6) is 1.50. The molecule has 0 bridgehead atoms. The van der Waals surface area contributed by atoms with Gasteiger partial charge in [-0.05, 0) is 67.2 Å². The Bertz CT molecular complexity index is 1680. The smallest absolute Gasteiger partial charge is 0.159 e. The number of nitrogens with zero attached hydrogens (tertiary/aromatic N) is 5. The van der Waals surface area contributed by atoms with Gasteiger partial charge in [0.1, 0.15) is 23.6 Å². The third-order valence-electron chi connectivity index (χ3n) is 6.90. The lowest BCUT2D eigenvalue weighted by Crippen LogP contribution is -2.25. The minimum atomic E-state index is 0.671. The minimum absolute atomic E-state index is 0.671. The van der Waals surface area contributed by atoms with Gasteiger partial charge in [0.15, 0.2) is 5.82 Å². The molecule has 37 heavy (non-hydrogen) atoms. The van der Waals surface area contributed by atoms with Crippen LogP contribution < -0.4 is 4.74 Å². The van der Waals surface area contributed by atoms with E-state index in [2.05, 4.69) is 65.1 Å². The lowest BCUT2D eigenvalue weighted by atomic mass is 10.0. The van der Waals surface area contributed by atoms with Gasteiger partial charge in [0.25, 0.3) is 0 Å². The van der Waals surface area contributed by atoms with Crippen molar-refractivity contribution in [2.45, 2.75) is 12.8 Å². The van der Waals surface area contributed by atoms with Crippen molar-refractivity contribution in [2.75, 3.05) is 26.2 Å². The number of nitrogens with one attached hydrogen (secondary N) is 2. The van der Waals surface area contributed by atoms with Gasteiger partial charge in [0.2, 0.25) is 0 Å². The molecule has 0 saturated carbocycles. The van der Waals surface area contributed by atoms with Crippen molar-refractivity contribution in [2.24, 2.45) is 0 Å². The maximum Gasteiger partial charge on any atom is 0.159 e. The molecule has 0 atom stereocenters. The number of pyridine rings is 2. The van der Waals surface area contributed by atoms with Crippen molar-refractivity contribution in [3.05, 3.63) is 65.7 Å². The van der Waals surface area contributed by atoms with E-state index >= 15 is 0 Å². The molecule has 1 aliphatic rings. The fraction of sp³-hybridized carbons (Fsp3) is 0.214. The zero-order chi connectivity index (χ0) is 24.6. The standard InChI is InChI=1S/C28H25N7OS/c1-2-9-35(8-1)10-11-36-21-13-20(15-29-16-21)18-3-4-23-22(14-18)26(34-33-23)28-31-24-5-7-30-25(27(24)32-28)19-6-12-37-17-19/h3-7,12-17H,1-2,8-11H2,(H,31,32)(H,33,34). The van der Waals surface area contributed by atoms with Crippen LogP contribution >= 0.6 is 11.3 Å². The highest BCUT2D eigenvalue weighted by Crippen LogP contribution is 2.33. The molecule has 9 heteroatoms. The minimum Gasteiger partial charge on any atom is -0.491 e. The van der Waals surface area contributed by atoms with Crippen molar-refractivity contribution in [3.63, 3.8) is 0 Å². The highest BCUT2D eigenvalue weighted by atomic mass is 32.1. The Morgan fingerprint density at radius 3 is 2.78 bits per heavy atom. The van der Waals surface area contributed by atoms with Gasteiger partial charge in [0.05, 0.1) is 22.9 Å². The van der Waals surface area contributed by atoms with Gasteiger partial charge >= 0.3 is 0 Å². The summed E-state index contributed by atoms with van der Waals surface area (Å²) < 4.78 is 6.03. The lowest BCUT2D eigenvalue weighted by Gasteiger charge is -2.15. The van der Waals surface area contributed by atoms with Gasteiger partial charge in [0, 0.05) is 40.8 Å². The van der Waals surface area contributed by atoms with Crippen LogP contribution in [0.5, 0.6) is 5.75 Å². The average Bonchev–Trinajstić information content (AvgIpc) is 3.74. The average molecular weight is 508 g/mol. The third-order valence-corrected chi connectivity index (χ3v) is 7.59. The molecule has 1 saturated heterocycles. The Kier molecular flexibility index (Phi) is 5.64. The Hall–Kier alpha value is -4.08. The van der Waals surface area contributed by atoms with E-state index < -0.39 is 0 Å². The number of hydrogen-bond donors (Lipinski definition) is 2. The number of likely N-dealkylation sites (tertiary alicyclic amines) is 1. The monoisotopic (exact) mass is 507 g/mol. The van der Waals surface area contributed by atoms with E-state index in [0.29, 0.717) is 12.4 Å². The molecule has 5 aromatic heterocycles. The van der Waals surface area contributed by atoms with E-state index in [1.54, 1.807) is 17.5 Å². The highest BCUT2D eigenvalue weighted by molar-refractivity contribution is 7.08. The van der Waals surface area contributed by atoms with E-state index in [-0.39, 0.29) is 0 Å². The van der Waals surface area contributed by atoms with E-state index in [0.717, 1.165) is 62.3 Å². The summed E-state index contributed by atoms with van der Waals surface area (Å²) in [6.45, 7) is 3.97. The number of imidazole rings is 1. The number of rotatable bonds is 7. The van der Waals surface area contributed by atoms with Gasteiger partial charge < -0.3 is 9.72 Å². The first-order valence-corrected chi connectivity index (χ1v) is 13.4. The van der Waals surface area contributed by atoms with Crippen LogP contribution in [0, 0.1) is 0 Å². The highest BCUT2D eigenvalue weighted by Gasteiger charge is 2.17. The molecule has 184 valence electrons. The predicted molar refractivity (Wildman–Crippen MR) is 147 cm³/mol. The number of H-pyrrole nitrogens is 2. The molecular formula is C28H25N7OS. The maximum atomic E-state index is 6.03. The van der Waals surface area contributed by atoms with Gasteiger partial charge in [-0.25, -0.2) is 4.98 Å². The van der Waals surface area contributed by atoms with E-state index in [4.69, 9.17) is 9.72 Å². The largest absolute Gasteiger partial charge is 0.491 e. The molecule has 0 aliphatic carbocycles. The van der Waals surface area contributed by atoms with Crippen LogP contribution in [0.2, 0.25) is 0 Å². The number of ether oxygens (including phenoxy) is 1. The van der Waals surface area contributed by atoms with Gasteiger partial charge in [-0.1, -0.05) is 6.07 Å². The molecule has 1 aliphatic heterocycles. The molecule has 8 nitrogen and oxygen atoms in total.